The molecule has 4 heterocycles. The first-order valence-corrected chi connectivity index (χ1v) is 12.4. The zero-order chi connectivity index (χ0) is 24.3. The minimum absolute atomic E-state index is 0.0863. The molecule has 4 aromatic rings. The standard InChI is InChI=1S/C26H29N7O3/c34-26(27-20-7-11-35-12-8-20)19-3-6-23-22(15-19)25(30-28-23)24-17-33(31-29-24)21-4-1-18(2-5-21)16-32-9-13-36-14-10-32/h1-6,15,17,20H,7-14,16H2,(H,27,34)(H,28,30). The fourth-order valence-electron chi connectivity index (χ4n) is 4.73. The first-order valence-electron chi connectivity index (χ1n) is 12.4. The van der Waals surface area contributed by atoms with E-state index in [4.69, 9.17) is 9.47 Å². The van der Waals surface area contributed by atoms with Gasteiger partial charge in [-0.25, -0.2) is 4.68 Å². The maximum absolute atomic E-state index is 12.8. The van der Waals surface area contributed by atoms with E-state index in [0.717, 1.165) is 62.3 Å². The van der Waals surface area contributed by atoms with Gasteiger partial charge in [-0.15, -0.1) is 5.10 Å². The van der Waals surface area contributed by atoms with Gasteiger partial charge in [0.1, 0.15) is 11.4 Å². The van der Waals surface area contributed by atoms with E-state index in [1.54, 1.807) is 4.68 Å². The van der Waals surface area contributed by atoms with Gasteiger partial charge in [0.05, 0.1) is 30.6 Å². The maximum atomic E-state index is 12.8. The van der Waals surface area contributed by atoms with Crippen LogP contribution in [0.25, 0.3) is 28.0 Å². The van der Waals surface area contributed by atoms with E-state index in [9.17, 15) is 4.79 Å². The van der Waals surface area contributed by atoms with Crippen LogP contribution in [0.1, 0.15) is 28.8 Å². The number of rotatable bonds is 6. The van der Waals surface area contributed by atoms with Crippen LogP contribution in [0.3, 0.4) is 0 Å². The van der Waals surface area contributed by atoms with Crippen molar-refractivity contribution in [3.63, 3.8) is 0 Å². The van der Waals surface area contributed by atoms with E-state index < -0.39 is 0 Å². The second kappa shape index (κ2) is 10.2. The van der Waals surface area contributed by atoms with Crippen molar-refractivity contribution in [3.05, 3.63) is 59.8 Å². The molecule has 2 aliphatic heterocycles. The SMILES string of the molecule is O=C(NC1CCOCC1)c1ccc2[nH]nc(-c3cn(-c4ccc(CN5CCOCC5)cc4)nn3)c2c1. The number of aromatic amines is 1. The van der Waals surface area contributed by atoms with Crippen molar-refractivity contribution < 1.29 is 14.3 Å². The summed E-state index contributed by atoms with van der Waals surface area (Å²) < 4.78 is 12.6. The first kappa shape index (κ1) is 22.8. The highest BCUT2D eigenvalue weighted by Gasteiger charge is 2.19. The van der Waals surface area contributed by atoms with Gasteiger partial charge in [-0.05, 0) is 48.7 Å². The molecule has 2 aliphatic rings. The highest BCUT2D eigenvalue weighted by Crippen LogP contribution is 2.26. The van der Waals surface area contributed by atoms with Crippen molar-refractivity contribution >= 4 is 16.8 Å². The molecule has 2 fully saturated rings. The third kappa shape index (κ3) is 4.88. The molecule has 2 N–H and O–H groups in total. The number of benzene rings is 2. The van der Waals surface area contributed by atoms with E-state index in [1.807, 2.05) is 24.4 Å². The van der Waals surface area contributed by atoms with Crippen LogP contribution in [0.4, 0.5) is 0 Å². The Balaban J connectivity index is 1.19. The topological polar surface area (TPSA) is 110 Å². The monoisotopic (exact) mass is 487 g/mol. The highest BCUT2D eigenvalue weighted by molar-refractivity contribution is 6.01. The molecule has 0 radical (unpaired) electrons. The van der Waals surface area contributed by atoms with Crippen LogP contribution in [0.15, 0.2) is 48.7 Å². The van der Waals surface area contributed by atoms with Gasteiger partial charge in [0, 0.05) is 49.8 Å². The van der Waals surface area contributed by atoms with Gasteiger partial charge in [0.25, 0.3) is 5.91 Å². The summed E-state index contributed by atoms with van der Waals surface area (Å²) in [6.07, 6.45) is 3.53. The number of carbonyl (C=O) groups excluding carboxylic acids is 1. The minimum Gasteiger partial charge on any atom is -0.381 e. The summed E-state index contributed by atoms with van der Waals surface area (Å²) in [7, 11) is 0. The summed E-state index contributed by atoms with van der Waals surface area (Å²) >= 11 is 0. The molecule has 36 heavy (non-hydrogen) atoms. The molecule has 2 saturated heterocycles. The summed E-state index contributed by atoms with van der Waals surface area (Å²) in [6.45, 7) is 5.79. The fraction of sp³-hybridized carbons (Fsp3) is 0.385. The van der Waals surface area contributed by atoms with Crippen LogP contribution in [0.5, 0.6) is 0 Å². The Kier molecular flexibility index (Phi) is 6.46. The van der Waals surface area contributed by atoms with Crippen molar-refractivity contribution in [1.82, 2.24) is 35.4 Å². The molecule has 2 aromatic heterocycles. The van der Waals surface area contributed by atoms with Crippen LogP contribution < -0.4 is 5.32 Å². The van der Waals surface area contributed by atoms with Crippen molar-refractivity contribution in [2.75, 3.05) is 39.5 Å². The molecule has 0 atom stereocenters. The van der Waals surface area contributed by atoms with Gasteiger partial charge in [-0.3, -0.25) is 14.8 Å². The number of hydrogen-bond acceptors (Lipinski definition) is 7. The van der Waals surface area contributed by atoms with Crippen molar-refractivity contribution in [1.29, 1.82) is 0 Å². The van der Waals surface area contributed by atoms with Gasteiger partial charge in [-0.1, -0.05) is 17.3 Å². The Hall–Kier alpha value is -3.60. The number of H-pyrrole nitrogens is 1. The van der Waals surface area contributed by atoms with Gasteiger partial charge >= 0.3 is 0 Å². The predicted octanol–water partition coefficient (Wildman–Crippen LogP) is 2.55. The maximum Gasteiger partial charge on any atom is 0.251 e. The Bertz CT molecular complexity index is 1340. The number of morpholine rings is 1. The molecule has 6 rings (SSSR count). The number of nitrogens with one attached hydrogen (secondary N) is 2. The van der Waals surface area contributed by atoms with E-state index in [1.165, 1.54) is 5.56 Å². The van der Waals surface area contributed by atoms with E-state index in [-0.39, 0.29) is 11.9 Å². The molecular weight excluding hydrogens is 458 g/mol. The number of hydrogen-bond donors (Lipinski definition) is 2. The minimum atomic E-state index is -0.0863. The largest absolute Gasteiger partial charge is 0.381 e. The molecule has 186 valence electrons. The predicted molar refractivity (Wildman–Crippen MR) is 134 cm³/mol. The Morgan fingerprint density at radius 3 is 2.61 bits per heavy atom. The van der Waals surface area contributed by atoms with Crippen LogP contribution in [0.2, 0.25) is 0 Å². The average Bonchev–Trinajstić information content (AvgIpc) is 3.57. The Morgan fingerprint density at radius 2 is 1.81 bits per heavy atom. The summed E-state index contributed by atoms with van der Waals surface area (Å²) in [6, 6.07) is 14.1. The van der Waals surface area contributed by atoms with Crippen LogP contribution in [-0.2, 0) is 16.0 Å². The molecule has 0 unspecified atom stereocenters. The molecule has 0 spiro atoms. The zero-order valence-corrected chi connectivity index (χ0v) is 20.0. The lowest BCUT2D eigenvalue weighted by Crippen LogP contribution is -2.38. The molecule has 10 nitrogen and oxygen atoms in total. The molecule has 10 heteroatoms. The first-order chi connectivity index (χ1) is 17.7. The highest BCUT2D eigenvalue weighted by atomic mass is 16.5. The third-order valence-electron chi connectivity index (χ3n) is 6.83. The number of carbonyl (C=O) groups is 1. The van der Waals surface area contributed by atoms with Crippen LogP contribution in [-0.4, -0.2) is 81.6 Å². The van der Waals surface area contributed by atoms with Crippen molar-refractivity contribution in [2.24, 2.45) is 0 Å². The number of amides is 1. The van der Waals surface area contributed by atoms with Gasteiger partial charge in [0.15, 0.2) is 0 Å². The number of aromatic nitrogens is 5. The second-order valence-electron chi connectivity index (χ2n) is 9.30. The molecule has 0 aliphatic carbocycles. The molecular formula is C26H29N7O3. The second-order valence-corrected chi connectivity index (χ2v) is 9.30. The number of nitrogens with zero attached hydrogens (tertiary/aromatic N) is 5. The normalized spacial score (nSPS) is 17.4. The quantitative estimate of drug-likeness (QED) is 0.430. The summed E-state index contributed by atoms with van der Waals surface area (Å²) in [5, 5.41) is 20.1. The molecule has 1 amide bonds. The fourth-order valence-corrected chi connectivity index (χ4v) is 4.73. The average molecular weight is 488 g/mol. The summed E-state index contributed by atoms with van der Waals surface area (Å²) in [5.74, 6) is -0.0863. The Labute approximate surface area is 208 Å². The molecule has 0 bridgehead atoms. The van der Waals surface area contributed by atoms with Crippen LogP contribution >= 0.6 is 0 Å². The van der Waals surface area contributed by atoms with Crippen molar-refractivity contribution in [3.8, 4) is 17.1 Å². The lowest BCUT2D eigenvalue weighted by atomic mass is 10.1. The lowest BCUT2D eigenvalue weighted by molar-refractivity contribution is 0.0342. The third-order valence-corrected chi connectivity index (χ3v) is 6.83. The van der Waals surface area contributed by atoms with Crippen LogP contribution in [0, 0.1) is 0 Å². The summed E-state index contributed by atoms with van der Waals surface area (Å²) in [4.78, 5) is 15.2. The summed E-state index contributed by atoms with van der Waals surface area (Å²) in [5.41, 5.74) is 4.93. The van der Waals surface area contributed by atoms with Gasteiger partial charge in [0.2, 0.25) is 0 Å². The smallest absolute Gasteiger partial charge is 0.251 e. The number of ether oxygens (including phenoxy) is 2. The van der Waals surface area contributed by atoms with E-state index >= 15 is 0 Å². The lowest BCUT2D eigenvalue weighted by Gasteiger charge is -2.26. The van der Waals surface area contributed by atoms with Gasteiger partial charge < -0.3 is 14.8 Å². The van der Waals surface area contributed by atoms with Crippen molar-refractivity contribution in [2.45, 2.75) is 25.4 Å². The van der Waals surface area contributed by atoms with E-state index in [2.05, 4.69) is 55.0 Å². The van der Waals surface area contributed by atoms with E-state index in [0.29, 0.717) is 30.2 Å². The molecule has 0 saturated carbocycles. The molecule has 2 aromatic carbocycles. The Morgan fingerprint density at radius 1 is 1.03 bits per heavy atom. The number of fused-ring (bicyclic) bond motifs is 1. The zero-order valence-electron chi connectivity index (χ0n) is 20.0. The van der Waals surface area contributed by atoms with Gasteiger partial charge in [-0.2, -0.15) is 5.10 Å².